The molecular weight excluding hydrogens is 202 g/mol. The van der Waals surface area contributed by atoms with Crippen LogP contribution in [-0.2, 0) is 0 Å². The van der Waals surface area contributed by atoms with E-state index < -0.39 is 0 Å². The van der Waals surface area contributed by atoms with Crippen LogP contribution in [0.15, 0.2) is 24.5 Å². The highest BCUT2D eigenvalue weighted by atomic mass is 16.2. The standard InChI is InChI=1S/C12H17N3O/c1-9-10(2)15(8-7-14-9)12(16)11-3-5-13-6-4-11/h3-6,9-10,14H,7-8H2,1-2H3. The van der Waals surface area contributed by atoms with E-state index in [0.29, 0.717) is 6.04 Å². The fraction of sp³-hybridized carbons (Fsp3) is 0.500. The average molecular weight is 219 g/mol. The number of carbonyl (C=O) groups excluding carboxylic acids is 1. The first-order valence-electron chi connectivity index (χ1n) is 5.64. The molecule has 1 aliphatic rings. The molecule has 0 bridgehead atoms. The van der Waals surface area contributed by atoms with E-state index in [0.717, 1.165) is 18.7 Å². The molecule has 86 valence electrons. The third-order valence-corrected chi connectivity index (χ3v) is 3.22. The molecule has 2 unspecified atom stereocenters. The molecule has 0 aromatic carbocycles. The first kappa shape index (κ1) is 11.1. The van der Waals surface area contributed by atoms with Crippen LogP contribution in [-0.4, -0.2) is 41.0 Å². The molecule has 0 spiro atoms. The summed E-state index contributed by atoms with van der Waals surface area (Å²) in [6.45, 7) is 5.82. The number of rotatable bonds is 1. The van der Waals surface area contributed by atoms with Crippen LogP contribution < -0.4 is 5.32 Å². The Bertz CT molecular complexity index is 366. The molecule has 1 saturated heterocycles. The molecule has 0 aliphatic carbocycles. The Morgan fingerprint density at radius 1 is 1.44 bits per heavy atom. The summed E-state index contributed by atoms with van der Waals surface area (Å²) in [5, 5.41) is 3.36. The number of hydrogen-bond acceptors (Lipinski definition) is 3. The summed E-state index contributed by atoms with van der Waals surface area (Å²) in [6, 6.07) is 4.11. The lowest BCUT2D eigenvalue weighted by Crippen LogP contribution is -2.57. The number of nitrogens with zero attached hydrogens (tertiary/aromatic N) is 2. The van der Waals surface area contributed by atoms with E-state index in [2.05, 4.69) is 24.1 Å². The molecule has 2 rings (SSSR count). The van der Waals surface area contributed by atoms with Gasteiger partial charge in [0.2, 0.25) is 0 Å². The minimum Gasteiger partial charge on any atom is -0.333 e. The lowest BCUT2D eigenvalue weighted by Gasteiger charge is -2.38. The van der Waals surface area contributed by atoms with E-state index in [4.69, 9.17) is 0 Å². The maximum absolute atomic E-state index is 12.2. The number of amides is 1. The highest BCUT2D eigenvalue weighted by molar-refractivity contribution is 5.94. The van der Waals surface area contributed by atoms with Gasteiger partial charge in [-0.3, -0.25) is 9.78 Å². The van der Waals surface area contributed by atoms with Gasteiger partial charge >= 0.3 is 0 Å². The number of aromatic nitrogens is 1. The lowest BCUT2D eigenvalue weighted by atomic mass is 10.1. The van der Waals surface area contributed by atoms with Gasteiger partial charge in [-0.1, -0.05) is 0 Å². The Labute approximate surface area is 95.7 Å². The largest absolute Gasteiger partial charge is 0.333 e. The Kier molecular flexibility index (Phi) is 3.19. The van der Waals surface area contributed by atoms with Crippen molar-refractivity contribution in [1.29, 1.82) is 0 Å². The third kappa shape index (κ3) is 2.07. The van der Waals surface area contributed by atoms with Crippen LogP contribution >= 0.6 is 0 Å². The smallest absolute Gasteiger partial charge is 0.254 e. The zero-order valence-electron chi connectivity index (χ0n) is 9.68. The predicted octanol–water partition coefficient (Wildman–Crippen LogP) is 0.904. The van der Waals surface area contributed by atoms with E-state index in [1.165, 1.54) is 0 Å². The maximum atomic E-state index is 12.2. The van der Waals surface area contributed by atoms with Gasteiger partial charge in [0.25, 0.3) is 5.91 Å². The van der Waals surface area contributed by atoms with Crippen molar-refractivity contribution in [2.24, 2.45) is 0 Å². The van der Waals surface area contributed by atoms with Crippen molar-refractivity contribution in [3.05, 3.63) is 30.1 Å². The number of piperazine rings is 1. The molecule has 1 amide bonds. The monoisotopic (exact) mass is 219 g/mol. The van der Waals surface area contributed by atoms with Crippen molar-refractivity contribution in [2.45, 2.75) is 25.9 Å². The molecule has 4 heteroatoms. The SMILES string of the molecule is CC1NCCN(C(=O)c2ccncc2)C1C. The number of nitrogens with one attached hydrogen (secondary N) is 1. The van der Waals surface area contributed by atoms with Crippen LogP contribution in [0.5, 0.6) is 0 Å². The molecule has 1 aromatic rings. The van der Waals surface area contributed by atoms with Gasteiger partial charge in [0.05, 0.1) is 0 Å². The minimum absolute atomic E-state index is 0.100. The van der Waals surface area contributed by atoms with Gasteiger partial charge in [0.1, 0.15) is 0 Å². The second kappa shape index (κ2) is 4.61. The van der Waals surface area contributed by atoms with Gasteiger partial charge in [-0.05, 0) is 26.0 Å². The number of carbonyl (C=O) groups is 1. The van der Waals surface area contributed by atoms with Crippen LogP contribution in [0.2, 0.25) is 0 Å². The number of pyridine rings is 1. The summed E-state index contributed by atoms with van der Waals surface area (Å²) in [4.78, 5) is 18.1. The maximum Gasteiger partial charge on any atom is 0.254 e. The summed E-state index contributed by atoms with van der Waals surface area (Å²) in [7, 11) is 0. The van der Waals surface area contributed by atoms with Crippen molar-refractivity contribution in [2.75, 3.05) is 13.1 Å². The van der Waals surface area contributed by atoms with Crippen LogP contribution in [0.1, 0.15) is 24.2 Å². The molecule has 0 radical (unpaired) electrons. The quantitative estimate of drug-likeness (QED) is 0.763. The second-order valence-electron chi connectivity index (χ2n) is 4.22. The normalized spacial score (nSPS) is 25.5. The molecule has 1 aromatic heterocycles. The fourth-order valence-electron chi connectivity index (χ4n) is 2.00. The second-order valence-corrected chi connectivity index (χ2v) is 4.22. The highest BCUT2D eigenvalue weighted by Gasteiger charge is 2.28. The van der Waals surface area contributed by atoms with Gasteiger partial charge in [-0.15, -0.1) is 0 Å². The Morgan fingerprint density at radius 2 is 2.12 bits per heavy atom. The molecule has 1 N–H and O–H groups in total. The van der Waals surface area contributed by atoms with Crippen LogP contribution in [0.25, 0.3) is 0 Å². The first-order valence-corrected chi connectivity index (χ1v) is 5.64. The fourth-order valence-corrected chi connectivity index (χ4v) is 2.00. The topological polar surface area (TPSA) is 45.2 Å². The van der Waals surface area contributed by atoms with Crippen molar-refractivity contribution in [1.82, 2.24) is 15.2 Å². The van der Waals surface area contributed by atoms with Gasteiger partial charge in [0, 0.05) is 43.1 Å². The van der Waals surface area contributed by atoms with Crippen LogP contribution in [0.4, 0.5) is 0 Å². The minimum atomic E-state index is 0.100. The Balaban J connectivity index is 2.15. The zero-order chi connectivity index (χ0) is 11.5. The van der Waals surface area contributed by atoms with E-state index in [-0.39, 0.29) is 11.9 Å². The molecule has 4 nitrogen and oxygen atoms in total. The summed E-state index contributed by atoms with van der Waals surface area (Å²) >= 11 is 0. The van der Waals surface area contributed by atoms with E-state index in [1.807, 2.05) is 4.90 Å². The third-order valence-electron chi connectivity index (χ3n) is 3.22. The van der Waals surface area contributed by atoms with E-state index in [1.54, 1.807) is 24.5 Å². The molecule has 0 saturated carbocycles. The first-order chi connectivity index (χ1) is 7.70. The van der Waals surface area contributed by atoms with Crippen LogP contribution in [0, 0.1) is 0 Å². The van der Waals surface area contributed by atoms with E-state index >= 15 is 0 Å². The zero-order valence-corrected chi connectivity index (χ0v) is 9.68. The van der Waals surface area contributed by atoms with Gasteiger partial charge in [-0.25, -0.2) is 0 Å². The molecular formula is C12H17N3O. The van der Waals surface area contributed by atoms with Crippen molar-refractivity contribution in [3.8, 4) is 0 Å². The lowest BCUT2D eigenvalue weighted by molar-refractivity contribution is 0.0603. The summed E-state index contributed by atoms with van der Waals surface area (Å²) < 4.78 is 0. The molecule has 1 fully saturated rings. The van der Waals surface area contributed by atoms with Gasteiger partial charge in [-0.2, -0.15) is 0 Å². The van der Waals surface area contributed by atoms with Gasteiger partial charge < -0.3 is 10.2 Å². The predicted molar refractivity (Wildman–Crippen MR) is 62.2 cm³/mol. The molecule has 1 aliphatic heterocycles. The van der Waals surface area contributed by atoms with E-state index in [9.17, 15) is 4.79 Å². The Hall–Kier alpha value is -1.42. The number of hydrogen-bond donors (Lipinski definition) is 1. The van der Waals surface area contributed by atoms with Crippen LogP contribution in [0.3, 0.4) is 0 Å². The Morgan fingerprint density at radius 3 is 2.81 bits per heavy atom. The summed E-state index contributed by atoms with van der Waals surface area (Å²) in [5.74, 6) is 0.100. The summed E-state index contributed by atoms with van der Waals surface area (Å²) in [6.07, 6.45) is 3.31. The van der Waals surface area contributed by atoms with Gasteiger partial charge in [0.15, 0.2) is 0 Å². The summed E-state index contributed by atoms with van der Waals surface area (Å²) in [5.41, 5.74) is 0.718. The molecule has 2 heterocycles. The highest BCUT2D eigenvalue weighted by Crippen LogP contribution is 2.13. The van der Waals surface area contributed by atoms with Crippen molar-refractivity contribution < 1.29 is 4.79 Å². The van der Waals surface area contributed by atoms with Crippen molar-refractivity contribution in [3.63, 3.8) is 0 Å². The van der Waals surface area contributed by atoms with Crippen molar-refractivity contribution >= 4 is 5.91 Å². The average Bonchev–Trinajstić information content (AvgIpc) is 2.33. The molecule has 16 heavy (non-hydrogen) atoms. The molecule has 2 atom stereocenters.